The molecule has 3 heterocycles. The highest BCUT2D eigenvalue weighted by molar-refractivity contribution is 5.98. The summed E-state index contributed by atoms with van der Waals surface area (Å²) >= 11 is 0. The number of imide groups is 1. The normalized spacial score (nSPS) is 12.9. The number of rotatable bonds is 6. The van der Waals surface area contributed by atoms with Crippen LogP contribution in [0, 0.1) is 11.8 Å². The van der Waals surface area contributed by atoms with Crippen molar-refractivity contribution in [3.63, 3.8) is 0 Å². The van der Waals surface area contributed by atoms with Crippen LogP contribution in [0.25, 0.3) is 11.1 Å². The molecular formula is C24H22N6O4. The highest BCUT2D eigenvalue weighted by Gasteiger charge is 2.29. The van der Waals surface area contributed by atoms with Gasteiger partial charge in [-0.1, -0.05) is 17.9 Å². The molecular weight excluding hydrogens is 436 g/mol. The first-order valence-electron chi connectivity index (χ1n) is 10.4. The molecule has 2 N–H and O–H groups in total. The molecule has 1 aromatic carbocycles. The van der Waals surface area contributed by atoms with Crippen LogP contribution in [0.1, 0.15) is 21.5 Å². The number of amides is 4. The molecule has 10 nitrogen and oxygen atoms in total. The zero-order valence-corrected chi connectivity index (χ0v) is 18.6. The Morgan fingerprint density at radius 2 is 2.12 bits per heavy atom. The second kappa shape index (κ2) is 9.87. The van der Waals surface area contributed by atoms with Gasteiger partial charge in [-0.15, -0.1) is 0 Å². The number of methoxy groups -OCH3 is 1. The lowest BCUT2D eigenvalue weighted by molar-refractivity contribution is -0.108. The molecule has 1 aliphatic heterocycles. The summed E-state index contributed by atoms with van der Waals surface area (Å²) in [6.45, 7) is 0.510. The molecule has 1 aliphatic rings. The molecule has 10 heteroatoms. The number of nitrogens with zero attached hydrogens (tertiary/aromatic N) is 4. The third kappa shape index (κ3) is 5.05. The second-order valence-electron chi connectivity index (χ2n) is 7.63. The van der Waals surface area contributed by atoms with Crippen LogP contribution in [0.15, 0.2) is 49.1 Å². The summed E-state index contributed by atoms with van der Waals surface area (Å²) in [6.07, 6.45) is 7.20. The average molecular weight is 458 g/mol. The first-order valence-corrected chi connectivity index (χ1v) is 10.4. The van der Waals surface area contributed by atoms with Crippen LogP contribution in [-0.2, 0) is 18.4 Å². The number of urea groups is 1. The summed E-state index contributed by atoms with van der Waals surface area (Å²) in [5, 5.41) is 8.83. The molecule has 1 atom stereocenters. The number of carbonyl (C=O) groups is 3. The van der Waals surface area contributed by atoms with E-state index < -0.39 is 12.1 Å². The lowest BCUT2D eigenvalue weighted by atomic mass is 10.1. The number of nitrogens with one attached hydrogen (secondary N) is 2. The summed E-state index contributed by atoms with van der Waals surface area (Å²) in [4.78, 5) is 41.4. The maximum Gasteiger partial charge on any atom is 0.322 e. The molecule has 0 spiro atoms. The van der Waals surface area contributed by atoms with Gasteiger partial charge in [0.1, 0.15) is 11.8 Å². The highest BCUT2D eigenvalue weighted by atomic mass is 16.5. The largest absolute Gasteiger partial charge is 0.497 e. The number of fused-ring (bicyclic) bond motifs is 1. The number of ether oxygens (including phenoxy) is 1. The SMILES string of the molecule is COc1ccc2c(c1)C(=O)N(C[C@@H](C#Cc1cncc(-c3cnn(C)c3)c1)NC(=O)NC=O)C2. The van der Waals surface area contributed by atoms with Crippen LogP contribution >= 0.6 is 0 Å². The molecule has 34 heavy (non-hydrogen) atoms. The van der Waals surface area contributed by atoms with Gasteiger partial charge in [0, 0.05) is 54.4 Å². The molecule has 3 aromatic rings. The van der Waals surface area contributed by atoms with Crippen molar-refractivity contribution in [1.82, 2.24) is 30.3 Å². The molecule has 0 radical (unpaired) electrons. The lowest BCUT2D eigenvalue weighted by Gasteiger charge is -2.21. The third-order valence-corrected chi connectivity index (χ3v) is 5.26. The van der Waals surface area contributed by atoms with E-state index in [9.17, 15) is 14.4 Å². The van der Waals surface area contributed by atoms with E-state index in [-0.39, 0.29) is 18.9 Å². The molecule has 0 unspecified atom stereocenters. The number of aryl methyl sites for hydroxylation is 1. The second-order valence-corrected chi connectivity index (χ2v) is 7.63. The van der Waals surface area contributed by atoms with Gasteiger partial charge in [0.05, 0.1) is 19.9 Å². The fourth-order valence-electron chi connectivity index (χ4n) is 3.62. The molecule has 4 amide bonds. The van der Waals surface area contributed by atoms with E-state index in [0.29, 0.717) is 23.4 Å². The van der Waals surface area contributed by atoms with Gasteiger partial charge in [-0.05, 0) is 23.8 Å². The van der Waals surface area contributed by atoms with Crippen LogP contribution in [0.2, 0.25) is 0 Å². The smallest absolute Gasteiger partial charge is 0.322 e. The summed E-state index contributed by atoms with van der Waals surface area (Å²) in [7, 11) is 3.37. The van der Waals surface area contributed by atoms with Gasteiger partial charge in [-0.2, -0.15) is 5.10 Å². The van der Waals surface area contributed by atoms with Crippen molar-refractivity contribution in [3.05, 3.63) is 65.7 Å². The number of carbonyl (C=O) groups excluding carboxylic acids is 3. The van der Waals surface area contributed by atoms with Gasteiger partial charge < -0.3 is 15.0 Å². The summed E-state index contributed by atoms with van der Waals surface area (Å²) in [5.74, 6) is 6.41. The maximum atomic E-state index is 12.9. The minimum atomic E-state index is -0.734. The van der Waals surface area contributed by atoms with E-state index in [1.807, 2.05) is 30.7 Å². The number of aromatic nitrogens is 3. The Bertz CT molecular complexity index is 1310. The predicted octanol–water partition coefficient (Wildman–Crippen LogP) is 1.32. The van der Waals surface area contributed by atoms with E-state index >= 15 is 0 Å². The van der Waals surface area contributed by atoms with E-state index in [0.717, 1.165) is 16.7 Å². The Morgan fingerprint density at radius 3 is 2.85 bits per heavy atom. The first-order chi connectivity index (χ1) is 16.5. The van der Waals surface area contributed by atoms with Gasteiger partial charge >= 0.3 is 6.03 Å². The van der Waals surface area contributed by atoms with Gasteiger partial charge in [0.25, 0.3) is 5.91 Å². The van der Waals surface area contributed by atoms with Crippen LogP contribution in [-0.4, -0.2) is 57.7 Å². The van der Waals surface area contributed by atoms with Crippen LogP contribution in [0.3, 0.4) is 0 Å². The van der Waals surface area contributed by atoms with Gasteiger partial charge in [-0.25, -0.2) is 4.79 Å². The fraction of sp³-hybridized carbons (Fsp3) is 0.208. The Hall–Kier alpha value is -4.65. The summed E-state index contributed by atoms with van der Waals surface area (Å²) in [6, 6.07) is 5.76. The molecule has 0 saturated carbocycles. The minimum Gasteiger partial charge on any atom is -0.497 e. The topological polar surface area (TPSA) is 118 Å². The number of pyridine rings is 1. The summed E-state index contributed by atoms with van der Waals surface area (Å²) in [5.41, 5.74) is 3.79. The van der Waals surface area contributed by atoms with Crippen LogP contribution < -0.4 is 15.4 Å². The van der Waals surface area contributed by atoms with Crippen molar-refractivity contribution in [2.24, 2.45) is 7.05 Å². The average Bonchev–Trinajstić information content (AvgIpc) is 3.40. The fourth-order valence-corrected chi connectivity index (χ4v) is 3.62. The molecule has 0 fully saturated rings. The van der Waals surface area contributed by atoms with Crippen molar-refractivity contribution in [2.45, 2.75) is 12.6 Å². The van der Waals surface area contributed by atoms with Crippen molar-refractivity contribution < 1.29 is 19.1 Å². The van der Waals surface area contributed by atoms with Crippen molar-refractivity contribution >= 4 is 18.3 Å². The minimum absolute atomic E-state index is 0.130. The molecule has 2 aromatic heterocycles. The Kier molecular flexibility index (Phi) is 6.54. The standard InChI is InChI=1S/C24H22N6O4/c1-29-12-19(11-27-29)18-7-16(9-25-10-18)3-5-20(28-24(33)26-15-31)14-30-13-17-4-6-21(34-2)8-22(17)23(30)32/h4,6-12,15,20H,13-14H2,1-2H3,(H2,26,28,31,33)/t20-/m1/s1. The Morgan fingerprint density at radius 1 is 1.26 bits per heavy atom. The molecule has 172 valence electrons. The lowest BCUT2D eigenvalue weighted by Crippen LogP contribution is -2.46. The van der Waals surface area contributed by atoms with E-state index in [2.05, 4.69) is 27.2 Å². The zero-order chi connectivity index (χ0) is 24.1. The quantitative estimate of drug-likeness (QED) is 0.425. The van der Waals surface area contributed by atoms with Crippen LogP contribution in [0.5, 0.6) is 5.75 Å². The predicted molar refractivity (Wildman–Crippen MR) is 123 cm³/mol. The number of hydrogen-bond acceptors (Lipinski definition) is 6. The van der Waals surface area contributed by atoms with E-state index in [4.69, 9.17) is 4.74 Å². The van der Waals surface area contributed by atoms with E-state index in [1.54, 1.807) is 40.3 Å². The summed E-state index contributed by atoms with van der Waals surface area (Å²) < 4.78 is 6.91. The van der Waals surface area contributed by atoms with E-state index in [1.165, 1.54) is 7.11 Å². The molecule has 4 rings (SSSR count). The Balaban J connectivity index is 1.55. The van der Waals surface area contributed by atoms with Crippen molar-refractivity contribution in [1.29, 1.82) is 0 Å². The van der Waals surface area contributed by atoms with Crippen LogP contribution in [0.4, 0.5) is 4.79 Å². The zero-order valence-electron chi connectivity index (χ0n) is 18.6. The van der Waals surface area contributed by atoms with Crippen molar-refractivity contribution in [2.75, 3.05) is 13.7 Å². The molecule has 0 saturated heterocycles. The van der Waals surface area contributed by atoms with Gasteiger partial charge in [-0.3, -0.25) is 24.6 Å². The first kappa shape index (κ1) is 22.5. The third-order valence-electron chi connectivity index (χ3n) is 5.26. The van der Waals surface area contributed by atoms with Gasteiger partial charge in [0.2, 0.25) is 6.41 Å². The monoisotopic (exact) mass is 458 g/mol. The van der Waals surface area contributed by atoms with Crippen molar-refractivity contribution in [3.8, 4) is 28.7 Å². The highest BCUT2D eigenvalue weighted by Crippen LogP contribution is 2.26. The maximum absolute atomic E-state index is 12.9. The molecule has 0 bridgehead atoms. The Labute approximate surface area is 195 Å². The number of benzene rings is 1. The van der Waals surface area contributed by atoms with Gasteiger partial charge in [0.15, 0.2) is 0 Å². The number of hydrogen-bond donors (Lipinski definition) is 2. The molecule has 0 aliphatic carbocycles.